The molecule has 1 amide bonds. The minimum absolute atomic E-state index is 0.0166. The molecule has 3 N–H and O–H groups in total. The molecule has 0 saturated carbocycles. The number of nitrogens with one attached hydrogen (secondary N) is 1. The molecule has 1 unspecified atom stereocenters. The second-order valence-corrected chi connectivity index (χ2v) is 5.82. The summed E-state index contributed by atoms with van der Waals surface area (Å²) >= 11 is 5.87. The SMILES string of the molecule is COc1ccc(C(=O)NCC(O)CO)cc1/C=C/c1ccc(Cl)cc1. The Hall–Kier alpha value is -2.34. The molecule has 0 aliphatic carbocycles. The highest BCUT2D eigenvalue weighted by molar-refractivity contribution is 6.30. The van der Waals surface area contributed by atoms with Crippen LogP contribution in [0, 0.1) is 0 Å². The maximum atomic E-state index is 12.1. The molecular weight excluding hydrogens is 342 g/mol. The summed E-state index contributed by atoms with van der Waals surface area (Å²) in [6, 6.07) is 12.4. The number of ether oxygens (including phenoxy) is 1. The van der Waals surface area contributed by atoms with E-state index in [1.54, 1.807) is 37.4 Å². The summed E-state index contributed by atoms with van der Waals surface area (Å²) in [5, 5.41) is 21.3. The van der Waals surface area contributed by atoms with E-state index in [2.05, 4.69) is 5.32 Å². The molecule has 0 heterocycles. The van der Waals surface area contributed by atoms with Crippen LogP contribution in [-0.2, 0) is 0 Å². The number of methoxy groups -OCH3 is 1. The van der Waals surface area contributed by atoms with Crippen LogP contribution < -0.4 is 10.1 Å². The molecule has 0 aromatic heterocycles. The van der Waals surface area contributed by atoms with Gasteiger partial charge < -0.3 is 20.3 Å². The molecular formula is C19H20ClNO4. The lowest BCUT2D eigenvalue weighted by Crippen LogP contribution is -2.33. The molecule has 6 heteroatoms. The lowest BCUT2D eigenvalue weighted by Gasteiger charge is -2.11. The van der Waals surface area contributed by atoms with E-state index in [-0.39, 0.29) is 12.5 Å². The zero-order valence-corrected chi connectivity index (χ0v) is 14.5. The standard InChI is InChI=1S/C19H20ClNO4/c1-25-18-9-6-15(19(24)21-11-17(23)12-22)10-14(18)5-2-13-3-7-16(20)8-4-13/h2-10,17,22-23H,11-12H2,1H3,(H,21,24)/b5-2+. The number of rotatable bonds is 7. The van der Waals surface area contributed by atoms with E-state index in [9.17, 15) is 9.90 Å². The Morgan fingerprint density at radius 1 is 1.24 bits per heavy atom. The summed E-state index contributed by atoms with van der Waals surface area (Å²) in [6.45, 7) is -0.421. The second kappa shape index (κ2) is 9.22. The van der Waals surface area contributed by atoms with E-state index in [4.69, 9.17) is 21.4 Å². The van der Waals surface area contributed by atoms with E-state index < -0.39 is 12.7 Å². The first-order valence-electron chi connectivity index (χ1n) is 7.72. The van der Waals surface area contributed by atoms with E-state index in [0.29, 0.717) is 16.3 Å². The Labute approximate surface area is 151 Å². The fraction of sp³-hybridized carbons (Fsp3) is 0.211. The van der Waals surface area contributed by atoms with Crippen LogP contribution in [0.5, 0.6) is 5.75 Å². The third-order valence-electron chi connectivity index (χ3n) is 3.53. The molecule has 0 radical (unpaired) electrons. The van der Waals surface area contributed by atoms with Gasteiger partial charge in [-0.3, -0.25) is 4.79 Å². The number of aliphatic hydroxyl groups excluding tert-OH is 2. The predicted octanol–water partition coefficient (Wildman–Crippen LogP) is 2.60. The van der Waals surface area contributed by atoms with Gasteiger partial charge in [0.05, 0.1) is 19.8 Å². The summed E-state index contributed by atoms with van der Waals surface area (Å²) in [7, 11) is 1.56. The lowest BCUT2D eigenvalue weighted by molar-refractivity contribution is 0.0802. The predicted molar refractivity (Wildman–Crippen MR) is 98.8 cm³/mol. The van der Waals surface area contributed by atoms with Crippen LogP contribution in [0.1, 0.15) is 21.5 Å². The van der Waals surface area contributed by atoms with E-state index in [0.717, 1.165) is 11.1 Å². The van der Waals surface area contributed by atoms with Crippen molar-refractivity contribution in [3.05, 3.63) is 64.2 Å². The summed E-state index contributed by atoms with van der Waals surface area (Å²) in [6.07, 6.45) is 2.76. The van der Waals surface area contributed by atoms with Crippen molar-refractivity contribution in [1.29, 1.82) is 0 Å². The number of halogens is 1. The Morgan fingerprint density at radius 3 is 2.60 bits per heavy atom. The molecule has 1 atom stereocenters. The molecule has 0 fully saturated rings. The van der Waals surface area contributed by atoms with Crippen LogP contribution in [0.4, 0.5) is 0 Å². The zero-order chi connectivity index (χ0) is 18.2. The Kier molecular flexibility index (Phi) is 7.01. The molecule has 2 aromatic rings. The highest BCUT2D eigenvalue weighted by Gasteiger charge is 2.10. The summed E-state index contributed by atoms with van der Waals surface area (Å²) in [5.41, 5.74) is 2.14. The molecule has 5 nitrogen and oxygen atoms in total. The second-order valence-electron chi connectivity index (χ2n) is 5.39. The van der Waals surface area contributed by atoms with Crippen molar-refractivity contribution in [2.24, 2.45) is 0 Å². The fourth-order valence-corrected chi connectivity index (χ4v) is 2.27. The number of carbonyl (C=O) groups excluding carboxylic acids is 1. The first-order chi connectivity index (χ1) is 12.0. The highest BCUT2D eigenvalue weighted by atomic mass is 35.5. The van der Waals surface area contributed by atoms with Crippen molar-refractivity contribution < 1.29 is 19.7 Å². The minimum Gasteiger partial charge on any atom is -0.496 e. The number of carbonyl (C=O) groups is 1. The van der Waals surface area contributed by atoms with Crippen molar-refractivity contribution in [2.45, 2.75) is 6.10 Å². The molecule has 2 rings (SSSR count). The van der Waals surface area contributed by atoms with Gasteiger partial charge in [0, 0.05) is 22.7 Å². The zero-order valence-electron chi connectivity index (χ0n) is 13.8. The van der Waals surface area contributed by atoms with Crippen molar-refractivity contribution in [3.63, 3.8) is 0 Å². The van der Waals surface area contributed by atoms with Gasteiger partial charge in [0.25, 0.3) is 5.91 Å². The maximum absolute atomic E-state index is 12.1. The normalized spacial score (nSPS) is 12.2. The van der Waals surface area contributed by atoms with Gasteiger partial charge >= 0.3 is 0 Å². The quantitative estimate of drug-likeness (QED) is 0.662. The molecule has 25 heavy (non-hydrogen) atoms. The van der Waals surface area contributed by atoms with Crippen LogP contribution in [0.3, 0.4) is 0 Å². The number of aliphatic hydroxyl groups is 2. The van der Waals surface area contributed by atoms with Gasteiger partial charge in [0.2, 0.25) is 0 Å². The summed E-state index contributed by atoms with van der Waals surface area (Å²) in [5.74, 6) is 0.299. The van der Waals surface area contributed by atoms with Crippen LogP contribution >= 0.6 is 11.6 Å². The Balaban J connectivity index is 2.18. The first-order valence-corrected chi connectivity index (χ1v) is 8.10. The molecule has 132 valence electrons. The number of hydrogen-bond acceptors (Lipinski definition) is 4. The minimum atomic E-state index is -0.980. The van der Waals surface area contributed by atoms with E-state index >= 15 is 0 Å². The largest absolute Gasteiger partial charge is 0.496 e. The number of amides is 1. The lowest BCUT2D eigenvalue weighted by atomic mass is 10.1. The van der Waals surface area contributed by atoms with Gasteiger partial charge in [0.1, 0.15) is 5.75 Å². The van der Waals surface area contributed by atoms with Gasteiger partial charge in [-0.25, -0.2) is 0 Å². The third kappa shape index (κ3) is 5.60. The number of benzene rings is 2. The maximum Gasteiger partial charge on any atom is 0.251 e. The summed E-state index contributed by atoms with van der Waals surface area (Å²) < 4.78 is 5.33. The van der Waals surface area contributed by atoms with Gasteiger partial charge in [-0.15, -0.1) is 0 Å². The Bertz CT molecular complexity index is 744. The third-order valence-corrected chi connectivity index (χ3v) is 3.78. The Morgan fingerprint density at radius 2 is 1.96 bits per heavy atom. The smallest absolute Gasteiger partial charge is 0.251 e. The van der Waals surface area contributed by atoms with Crippen molar-refractivity contribution in [2.75, 3.05) is 20.3 Å². The monoisotopic (exact) mass is 361 g/mol. The van der Waals surface area contributed by atoms with Gasteiger partial charge in [0.15, 0.2) is 0 Å². The topological polar surface area (TPSA) is 78.8 Å². The van der Waals surface area contributed by atoms with Crippen molar-refractivity contribution in [3.8, 4) is 5.75 Å². The van der Waals surface area contributed by atoms with Crippen LogP contribution in [0.2, 0.25) is 5.02 Å². The van der Waals surface area contributed by atoms with Gasteiger partial charge in [-0.05, 0) is 35.9 Å². The molecule has 0 spiro atoms. The molecule has 2 aromatic carbocycles. The molecule has 0 aliphatic heterocycles. The van der Waals surface area contributed by atoms with Crippen LogP contribution in [0.15, 0.2) is 42.5 Å². The average Bonchev–Trinajstić information content (AvgIpc) is 2.65. The first kappa shape index (κ1) is 19.0. The average molecular weight is 362 g/mol. The fourth-order valence-electron chi connectivity index (χ4n) is 2.14. The van der Waals surface area contributed by atoms with Crippen LogP contribution in [0.25, 0.3) is 12.2 Å². The highest BCUT2D eigenvalue weighted by Crippen LogP contribution is 2.23. The van der Waals surface area contributed by atoms with E-state index in [1.807, 2.05) is 24.3 Å². The molecule has 0 saturated heterocycles. The van der Waals surface area contributed by atoms with Crippen molar-refractivity contribution in [1.82, 2.24) is 5.32 Å². The summed E-state index contributed by atoms with van der Waals surface area (Å²) in [4.78, 5) is 12.1. The van der Waals surface area contributed by atoms with Gasteiger partial charge in [-0.2, -0.15) is 0 Å². The van der Waals surface area contributed by atoms with Crippen LogP contribution in [-0.4, -0.2) is 42.5 Å². The van der Waals surface area contributed by atoms with Gasteiger partial charge in [-0.1, -0.05) is 35.9 Å². The number of hydrogen-bond donors (Lipinski definition) is 3. The molecule has 0 bridgehead atoms. The van der Waals surface area contributed by atoms with Crippen molar-refractivity contribution >= 4 is 29.7 Å². The van der Waals surface area contributed by atoms with E-state index in [1.165, 1.54) is 0 Å². The molecule has 0 aliphatic rings.